The molecule has 0 amide bonds. The predicted octanol–water partition coefficient (Wildman–Crippen LogP) is 0.727. The summed E-state index contributed by atoms with van der Waals surface area (Å²) in [6, 6.07) is 0. The molecule has 0 aliphatic rings. The number of thioether (sulfide) groups is 1. The van der Waals surface area contributed by atoms with E-state index in [4.69, 9.17) is 4.74 Å². The minimum Gasteiger partial charge on any atom is -0.391 e. The SMILES string of the molecule is CCSCCNCCC(O)COC. The quantitative estimate of drug-likeness (QED) is 0.547. The van der Waals surface area contributed by atoms with E-state index >= 15 is 0 Å². The molecule has 0 aromatic heterocycles. The minimum atomic E-state index is -0.323. The summed E-state index contributed by atoms with van der Waals surface area (Å²) in [5, 5.41) is 12.6. The first-order valence-corrected chi connectivity index (χ1v) is 5.92. The molecule has 4 heteroatoms. The van der Waals surface area contributed by atoms with Crippen LogP contribution in [-0.4, -0.2) is 49.5 Å². The number of methoxy groups -OCH3 is 1. The molecule has 0 saturated heterocycles. The Morgan fingerprint density at radius 2 is 2.23 bits per heavy atom. The van der Waals surface area contributed by atoms with Crippen molar-refractivity contribution in [2.45, 2.75) is 19.4 Å². The fraction of sp³-hybridized carbons (Fsp3) is 1.00. The van der Waals surface area contributed by atoms with Gasteiger partial charge in [-0.25, -0.2) is 0 Å². The van der Waals surface area contributed by atoms with Crippen molar-refractivity contribution in [3.8, 4) is 0 Å². The van der Waals surface area contributed by atoms with Crippen molar-refractivity contribution < 1.29 is 9.84 Å². The van der Waals surface area contributed by atoms with Gasteiger partial charge in [0.2, 0.25) is 0 Å². The highest BCUT2D eigenvalue weighted by Gasteiger charge is 2.01. The van der Waals surface area contributed by atoms with Gasteiger partial charge < -0.3 is 15.2 Å². The first-order valence-electron chi connectivity index (χ1n) is 4.76. The summed E-state index contributed by atoms with van der Waals surface area (Å²) in [7, 11) is 1.61. The Morgan fingerprint density at radius 1 is 1.46 bits per heavy atom. The van der Waals surface area contributed by atoms with E-state index in [0.29, 0.717) is 6.61 Å². The molecule has 0 rings (SSSR count). The molecule has 0 fully saturated rings. The highest BCUT2D eigenvalue weighted by atomic mass is 32.2. The number of hydrogen-bond donors (Lipinski definition) is 2. The number of aliphatic hydroxyl groups is 1. The van der Waals surface area contributed by atoms with Crippen LogP contribution in [0.15, 0.2) is 0 Å². The molecule has 0 aliphatic carbocycles. The van der Waals surface area contributed by atoms with E-state index in [-0.39, 0.29) is 6.10 Å². The summed E-state index contributed by atoms with van der Waals surface area (Å²) in [5.41, 5.74) is 0. The molecule has 1 unspecified atom stereocenters. The molecule has 0 saturated carbocycles. The van der Waals surface area contributed by atoms with Gasteiger partial charge >= 0.3 is 0 Å². The van der Waals surface area contributed by atoms with E-state index in [1.54, 1.807) is 7.11 Å². The summed E-state index contributed by atoms with van der Waals surface area (Å²) in [6.45, 7) is 4.49. The van der Waals surface area contributed by atoms with Crippen LogP contribution in [0, 0.1) is 0 Å². The molecule has 0 aromatic rings. The zero-order valence-corrected chi connectivity index (χ0v) is 9.40. The van der Waals surface area contributed by atoms with Gasteiger partial charge in [0.15, 0.2) is 0 Å². The fourth-order valence-corrected chi connectivity index (χ4v) is 1.54. The molecule has 0 aromatic carbocycles. The van der Waals surface area contributed by atoms with Crippen LogP contribution in [0.25, 0.3) is 0 Å². The lowest BCUT2D eigenvalue weighted by molar-refractivity contribution is 0.0595. The van der Waals surface area contributed by atoms with Crippen LogP contribution in [-0.2, 0) is 4.74 Å². The minimum absolute atomic E-state index is 0.323. The van der Waals surface area contributed by atoms with Gasteiger partial charge in [-0.15, -0.1) is 0 Å². The topological polar surface area (TPSA) is 41.5 Å². The van der Waals surface area contributed by atoms with Gasteiger partial charge in [-0.05, 0) is 18.7 Å². The maximum Gasteiger partial charge on any atom is 0.0785 e. The molecule has 13 heavy (non-hydrogen) atoms. The molecular weight excluding hydrogens is 186 g/mol. The summed E-state index contributed by atoms with van der Waals surface area (Å²) in [4.78, 5) is 0. The van der Waals surface area contributed by atoms with Crippen LogP contribution in [0.2, 0.25) is 0 Å². The van der Waals surface area contributed by atoms with Crippen molar-refractivity contribution in [1.82, 2.24) is 5.32 Å². The van der Waals surface area contributed by atoms with E-state index in [2.05, 4.69) is 12.2 Å². The van der Waals surface area contributed by atoms with Crippen LogP contribution in [0.4, 0.5) is 0 Å². The lowest BCUT2D eigenvalue weighted by atomic mass is 10.3. The van der Waals surface area contributed by atoms with Gasteiger partial charge in [0, 0.05) is 19.4 Å². The van der Waals surface area contributed by atoms with Crippen molar-refractivity contribution in [2.75, 3.05) is 38.3 Å². The predicted molar refractivity (Wildman–Crippen MR) is 58.4 cm³/mol. The molecule has 0 aliphatic heterocycles. The monoisotopic (exact) mass is 207 g/mol. The average molecular weight is 207 g/mol. The van der Waals surface area contributed by atoms with Crippen LogP contribution in [0.5, 0.6) is 0 Å². The first kappa shape index (κ1) is 13.2. The van der Waals surface area contributed by atoms with Gasteiger partial charge in [-0.3, -0.25) is 0 Å². The van der Waals surface area contributed by atoms with Crippen molar-refractivity contribution in [1.29, 1.82) is 0 Å². The summed E-state index contributed by atoms with van der Waals surface area (Å²) in [6.07, 6.45) is 0.446. The van der Waals surface area contributed by atoms with Gasteiger partial charge in [0.1, 0.15) is 0 Å². The van der Waals surface area contributed by atoms with Gasteiger partial charge in [0.05, 0.1) is 12.7 Å². The average Bonchev–Trinajstić information content (AvgIpc) is 2.11. The van der Waals surface area contributed by atoms with Gasteiger partial charge in [-0.2, -0.15) is 11.8 Å². The summed E-state index contributed by atoms with van der Waals surface area (Å²) < 4.78 is 4.82. The lowest BCUT2D eigenvalue weighted by Gasteiger charge is -2.09. The fourth-order valence-electron chi connectivity index (χ4n) is 0.958. The Morgan fingerprint density at radius 3 is 2.85 bits per heavy atom. The smallest absolute Gasteiger partial charge is 0.0785 e. The maximum absolute atomic E-state index is 9.28. The zero-order valence-electron chi connectivity index (χ0n) is 8.58. The Hall–Kier alpha value is 0.230. The van der Waals surface area contributed by atoms with Crippen molar-refractivity contribution in [3.05, 3.63) is 0 Å². The summed E-state index contributed by atoms with van der Waals surface area (Å²) in [5.74, 6) is 2.32. The third-order valence-electron chi connectivity index (χ3n) is 1.64. The Bertz CT molecular complexity index is 104. The standard InChI is InChI=1S/C9H21NO2S/c1-3-13-7-6-10-5-4-9(11)8-12-2/h9-11H,3-8H2,1-2H3. The number of nitrogens with one attached hydrogen (secondary N) is 1. The first-order chi connectivity index (χ1) is 6.31. The molecule has 3 nitrogen and oxygen atoms in total. The maximum atomic E-state index is 9.28. The molecular formula is C9H21NO2S. The molecule has 0 spiro atoms. The lowest BCUT2D eigenvalue weighted by Crippen LogP contribution is -2.24. The molecule has 0 radical (unpaired) electrons. The number of rotatable bonds is 9. The molecule has 2 N–H and O–H groups in total. The Balaban J connectivity index is 2.97. The molecule has 1 atom stereocenters. The van der Waals surface area contributed by atoms with Crippen LogP contribution in [0.1, 0.15) is 13.3 Å². The largest absolute Gasteiger partial charge is 0.391 e. The van der Waals surface area contributed by atoms with Crippen molar-refractivity contribution in [2.24, 2.45) is 0 Å². The van der Waals surface area contributed by atoms with E-state index < -0.39 is 0 Å². The summed E-state index contributed by atoms with van der Waals surface area (Å²) >= 11 is 1.93. The second-order valence-electron chi connectivity index (χ2n) is 2.84. The number of ether oxygens (including phenoxy) is 1. The van der Waals surface area contributed by atoms with Gasteiger partial charge in [-0.1, -0.05) is 6.92 Å². The van der Waals surface area contributed by atoms with Gasteiger partial charge in [0.25, 0.3) is 0 Å². The molecule has 0 bridgehead atoms. The zero-order chi connectivity index (χ0) is 9.94. The third-order valence-corrected chi connectivity index (χ3v) is 2.54. The second kappa shape index (κ2) is 10.3. The molecule has 80 valence electrons. The second-order valence-corrected chi connectivity index (χ2v) is 4.24. The third kappa shape index (κ3) is 10.1. The van der Waals surface area contributed by atoms with Crippen molar-refractivity contribution in [3.63, 3.8) is 0 Å². The van der Waals surface area contributed by atoms with Crippen molar-refractivity contribution >= 4 is 11.8 Å². The van der Waals surface area contributed by atoms with Crippen LogP contribution in [0.3, 0.4) is 0 Å². The van der Waals surface area contributed by atoms with E-state index in [9.17, 15) is 5.11 Å². The Labute approximate surface area is 85.2 Å². The molecule has 0 heterocycles. The van der Waals surface area contributed by atoms with E-state index in [1.807, 2.05) is 11.8 Å². The number of aliphatic hydroxyl groups excluding tert-OH is 1. The highest BCUT2D eigenvalue weighted by molar-refractivity contribution is 7.99. The van der Waals surface area contributed by atoms with Crippen LogP contribution < -0.4 is 5.32 Å². The van der Waals surface area contributed by atoms with E-state index in [1.165, 1.54) is 5.75 Å². The van der Waals surface area contributed by atoms with E-state index in [0.717, 1.165) is 25.3 Å². The number of hydrogen-bond acceptors (Lipinski definition) is 4. The Kier molecular flexibility index (Phi) is 10.5. The highest BCUT2D eigenvalue weighted by Crippen LogP contribution is 1.95. The van der Waals surface area contributed by atoms with Crippen LogP contribution >= 0.6 is 11.8 Å². The normalized spacial score (nSPS) is 13.2.